The fourth-order valence-electron chi connectivity index (χ4n) is 2.29. The summed E-state index contributed by atoms with van der Waals surface area (Å²) in [7, 11) is 2.15. The Morgan fingerprint density at radius 3 is 2.68 bits per heavy atom. The number of nitrogens with one attached hydrogen (secondary N) is 1. The molecule has 0 saturated carbocycles. The second-order valence-corrected chi connectivity index (χ2v) is 5.81. The number of guanidine groups is 1. The molecule has 0 atom stereocenters. The lowest BCUT2D eigenvalue weighted by Gasteiger charge is -2.33. The molecule has 1 aromatic rings. The lowest BCUT2D eigenvalue weighted by atomic mass is 10.2. The van der Waals surface area contributed by atoms with Crippen LogP contribution >= 0.6 is 24.0 Å². The number of piperazine rings is 1. The third kappa shape index (κ3) is 5.96. The molecule has 0 aromatic carbocycles. The summed E-state index contributed by atoms with van der Waals surface area (Å²) in [4.78, 5) is 13.5. The molecule has 2 heterocycles. The summed E-state index contributed by atoms with van der Waals surface area (Å²) >= 11 is 0. The fraction of sp³-hybridized carbons (Fsp3) is 0.600. The molecule has 3 N–H and O–H groups in total. The number of halogens is 1. The number of anilines is 1. The number of aliphatic imine (C=N–C) groups is 1. The smallest absolute Gasteiger partial charge is 0.189 e. The van der Waals surface area contributed by atoms with Gasteiger partial charge in [0.25, 0.3) is 0 Å². The third-order valence-corrected chi connectivity index (χ3v) is 3.51. The Kier molecular flexibility index (Phi) is 7.88. The highest BCUT2D eigenvalue weighted by atomic mass is 127. The maximum absolute atomic E-state index is 5.83. The van der Waals surface area contributed by atoms with E-state index >= 15 is 0 Å². The van der Waals surface area contributed by atoms with Crippen LogP contribution in [0.25, 0.3) is 0 Å². The zero-order valence-corrected chi connectivity index (χ0v) is 15.9. The summed E-state index contributed by atoms with van der Waals surface area (Å²) in [5.74, 6) is 1.52. The molecular formula is C15H27IN6. The van der Waals surface area contributed by atoms with Crippen LogP contribution in [0.5, 0.6) is 0 Å². The van der Waals surface area contributed by atoms with Crippen molar-refractivity contribution in [3.8, 4) is 0 Å². The largest absolute Gasteiger partial charge is 0.370 e. The standard InChI is InChI=1S/C15H26N6.HI/c1-12(2)19-15(16)18-11-13-4-5-17-14(10-13)21-8-6-20(3)7-9-21;/h4-5,10,12H,6-9,11H2,1-3H3,(H3,16,18,19);1H. The summed E-state index contributed by atoms with van der Waals surface area (Å²) in [6, 6.07) is 4.40. The third-order valence-electron chi connectivity index (χ3n) is 3.51. The molecule has 124 valence electrons. The van der Waals surface area contributed by atoms with Crippen molar-refractivity contribution in [2.75, 3.05) is 38.1 Å². The van der Waals surface area contributed by atoms with Crippen LogP contribution in [0.15, 0.2) is 23.3 Å². The lowest BCUT2D eigenvalue weighted by Crippen LogP contribution is -2.44. The predicted molar refractivity (Wildman–Crippen MR) is 103 cm³/mol. The summed E-state index contributed by atoms with van der Waals surface area (Å²) in [5.41, 5.74) is 6.96. The monoisotopic (exact) mass is 418 g/mol. The van der Waals surface area contributed by atoms with Gasteiger partial charge in [-0.2, -0.15) is 0 Å². The zero-order chi connectivity index (χ0) is 15.2. The van der Waals surface area contributed by atoms with Crippen molar-refractivity contribution in [2.24, 2.45) is 10.7 Å². The number of pyridine rings is 1. The van der Waals surface area contributed by atoms with Crippen LogP contribution in [0.2, 0.25) is 0 Å². The van der Waals surface area contributed by atoms with E-state index in [4.69, 9.17) is 5.73 Å². The normalized spacial score (nSPS) is 16.5. The predicted octanol–water partition coefficient (Wildman–Crippen LogP) is 1.26. The first-order valence-electron chi connectivity index (χ1n) is 7.49. The van der Waals surface area contributed by atoms with Crippen LogP contribution in [0.4, 0.5) is 5.82 Å². The minimum absolute atomic E-state index is 0. The Morgan fingerprint density at radius 2 is 2.05 bits per heavy atom. The number of hydrogen-bond acceptors (Lipinski definition) is 4. The molecule has 1 fully saturated rings. The van der Waals surface area contributed by atoms with Gasteiger partial charge < -0.3 is 20.9 Å². The van der Waals surface area contributed by atoms with E-state index in [1.165, 1.54) is 0 Å². The van der Waals surface area contributed by atoms with E-state index in [9.17, 15) is 0 Å². The van der Waals surface area contributed by atoms with Crippen LogP contribution in [0, 0.1) is 0 Å². The number of aromatic nitrogens is 1. The first-order chi connectivity index (χ1) is 10.0. The van der Waals surface area contributed by atoms with Crippen molar-refractivity contribution in [1.29, 1.82) is 0 Å². The zero-order valence-electron chi connectivity index (χ0n) is 13.6. The summed E-state index contributed by atoms with van der Waals surface area (Å²) in [5, 5.41) is 3.09. The molecule has 1 aliphatic heterocycles. The van der Waals surface area contributed by atoms with Crippen molar-refractivity contribution in [1.82, 2.24) is 15.2 Å². The molecule has 0 amide bonds. The Bertz CT molecular complexity index is 483. The maximum atomic E-state index is 5.83. The molecule has 6 nitrogen and oxygen atoms in total. The number of likely N-dealkylation sites (N-methyl/N-ethyl adjacent to an activating group) is 1. The molecule has 1 saturated heterocycles. The summed E-state index contributed by atoms with van der Waals surface area (Å²) < 4.78 is 0. The van der Waals surface area contributed by atoms with Crippen LogP contribution < -0.4 is 16.0 Å². The minimum atomic E-state index is 0. The van der Waals surface area contributed by atoms with Crippen molar-refractivity contribution in [2.45, 2.75) is 26.4 Å². The highest BCUT2D eigenvalue weighted by molar-refractivity contribution is 14.0. The van der Waals surface area contributed by atoms with E-state index in [2.05, 4.69) is 38.2 Å². The van der Waals surface area contributed by atoms with E-state index in [1.54, 1.807) is 0 Å². The number of nitrogens with two attached hydrogens (primary N) is 1. The van der Waals surface area contributed by atoms with Crippen molar-refractivity contribution >= 4 is 35.8 Å². The van der Waals surface area contributed by atoms with Gasteiger partial charge in [0, 0.05) is 38.4 Å². The van der Waals surface area contributed by atoms with Crippen LogP contribution in [0.3, 0.4) is 0 Å². The van der Waals surface area contributed by atoms with E-state index in [0.717, 1.165) is 37.6 Å². The Balaban J connectivity index is 0.00000242. The van der Waals surface area contributed by atoms with Crippen LogP contribution in [-0.2, 0) is 6.54 Å². The number of rotatable bonds is 4. The fourth-order valence-corrected chi connectivity index (χ4v) is 2.29. The summed E-state index contributed by atoms with van der Waals surface area (Å²) in [6.45, 7) is 8.86. The average molecular weight is 418 g/mol. The molecule has 0 aliphatic carbocycles. The molecule has 0 spiro atoms. The van der Waals surface area contributed by atoms with E-state index in [0.29, 0.717) is 18.5 Å². The molecule has 2 rings (SSSR count). The topological polar surface area (TPSA) is 69.8 Å². The Hall–Kier alpha value is -1.09. The van der Waals surface area contributed by atoms with E-state index in [1.807, 2.05) is 26.1 Å². The molecule has 1 aliphatic rings. The quantitative estimate of drug-likeness (QED) is 0.438. The molecule has 1 aromatic heterocycles. The van der Waals surface area contributed by atoms with Gasteiger partial charge in [-0.25, -0.2) is 9.98 Å². The highest BCUT2D eigenvalue weighted by Gasteiger charge is 2.15. The Labute approximate surface area is 150 Å². The molecule has 0 bridgehead atoms. The van der Waals surface area contributed by atoms with Crippen LogP contribution in [0.1, 0.15) is 19.4 Å². The van der Waals surface area contributed by atoms with Gasteiger partial charge in [0.2, 0.25) is 0 Å². The van der Waals surface area contributed by atoms with Crippen molar-refractivity contribution < 1.29 is 0 Å². The van der Waals surface area contributed by atoms with Gasteiger partial charge in [-0.15, -0.1) is 24.0 Å². The molecule has 22 heavy (non-hydrogen) atoms. The maximum Gasteiger partial charge on any atom is 0.189 e. The molecular weight excluding hydrogens is 391 g/mol. The Morgan fingerprint density at radius 1 is 1.36 bits per heavy atom. The van der Waals surface area contributed by atoms with Gasteiger partial charge in [-0.3, -0.25) is 0 Å². The van der Waals surface area contributed by atoms with Gasteiger partial charge in [-0.05, 0) is 38.6 Å². The van der Waals surface area contributed by atoms with Crippen LogP contribution in [-0.4, -0.2) is 55.1 Å². The first kappa shape index (κ1) is 19.0. The van der Waals surface area contributed by atoms with E-state index in [-0.39, 0.29) is 24.0 Å². The van der Waals surface area contributed by atoms with Gasteiger partial charge in [-0.1, -0.05) is 0 Å². The molecule has 0 unspecified atom stereocenters. The summed E-state index contributed by atoms with van der Waals surface area (Å²) in [6.07, 6.45) is 1.85. The molecule has 7 heteroatoms. The van der Waals surface area contributed by atoms with Gasteiger partial charge in [0.15, 0.2) is 5.96 Å². The lowest BCUT2D eigenvalue weighted by molar-refractivity contribution is 0.312. The van der Waals surface area contributed by atoms with Gasteiger partial charge in [0.05, 0.1) is 6.54 Å². The molecule has 0 radical (unpaired) electrons. The average Bonchev–Trinajstić information content (AvgIpc) is 2.45. The number of hydrogen-bond donors (Lipinski definition) is 2. The number of nitrogens with zero attached hydrogens (tertiary/aromatic N) is 4. The van der Waals surface area contributed by atoms with Gasteiger partial charge >= 0.3 is 0 Å². The first-order valence-corrected chi connectivity index (χ1v) is 7.49. The second kappa shape index (κ2) is 9.14. The van der Waals surface area contributed by atoms with Crippen molar-refractivity contribution in [3.05, 3.63) is 23.9 Å². The van der Waals surface area contributed by atoms with Gasteiger partial charge in [0.1, 0.15) is 5.82 Å². The highest BCUT2D eigenvalue weighted by Crippen LogP contribution is 2.15. The second-order valence-electron chi connectivity index (χ2n) is 5.81. The van der Waals surface area contributed by atoms with Crippen molar-refractivity contribution in [3.63, 3.8) is 0 Å². The van der Waals surface area contributed by atoms with E-state index < -0.39 is 0 Å². The minimum Gasteiger partial charge on any atom is -0.370 e. The SMILES string of the molecule is CC(C)NC(N)=NCc1ccnc(N2CCN(C)CC2)c1.I.